The second-order valence-corrected chi connectivity index (χ2v) is 4.13. The number of nitrogens with one attached hydrogen (secondary N) is 2. The third-order valence-electron chi connectivity index (χ3n) is 2.72. The Kier molecular flexibility index (Phi) is 3.57. The minimum absolute atomic E-state index is 0.0575. The molecule has 0 atom stereocenters. The molecule has 0 saturated heterocycles. The number of rotatable bonds is 4. The summed E-state index contributed by atoms with van der Waals surface area (Å²) in [5.41, 5.74) is 11.2. The molecule has 2 aromatic rings. The van der Waals surface area contributed by atoms with Crippen LogP contribution < -0.4 is 16.8 Å². The SMILES string of the molecule is NC(=O)Nc1[nH]c(-c2ccc([N+](=O)[O-])cc2)cc1C(N)=O. The maximum Gasteiger partial charge on any atom is 0.317 e. The number of primary amides is 2. The number of nitro groups is 1. The fraction of sp³-hybridized carbons (Fsp3) is 0. The minimum Gasteiger partial charge on any atom is -0.365 e. The van der Waals surface area contributed by atoms with Gasteiger partial charge in [-0.25, -0.2) is 4.79 Å². The highest BCUT2D eigenvalue weighted by molar-refractivity contribution is 6.02. The lowest BCUT2D eigenvalue weighted by Crippen LogP contribution is -2.22. The molecular formula is C12H11N5O4. The number of aromatic nitrogens is 1. The van der Waals surface area contributed by atoms with Gasteiger partial charge < -0.3 is 16.5 Å². The lowest BCUT2D eigenvalue weighted by Gasteiger charge is -2.00. The van der Waals surface area contributed by atoms with E-state index in [0.29, 0.717) is 11.3 Å². The normalized spacial score (nSPS) is 10.1. The number of non-ortho nitro benzene ring substituents is 1. The Bertz CT molecular complexity index is 720. The van der Waals surface area contributed by atoms with Crippen LogP contribution in [-0.2, 0) is 0 Å². The summed E-state index contributed by atoms with van der Waals surface area (Å²) in [4.78, 5) is 35.0. The van der Waals surface area contributed by atoms with Crippen LogP contribution in [0, 0.1) is 10.1 Å². The molecule has 2 rings (SSSR count). The maximum absolute atomic E-state index is 11.3. The van der Waals surface area contributed by atoms with Crippen LogP contribution in [0.1, 0.15) is 10.4 Å². The molecule has 0 aliphatic carbocycles. The van der Waals surface area contributed by atoms with E-state index in [9.17, 15) is 19.7 Å². The third kappa shape index (κ3) is 2.97. The number of carbonyl (C=O) groups excluding carboxylic acids is 2. The van der Waals surface area contributed by atoms with E-state index in [2.05, 4.69) is 10.3 Å². The number of anilines is 1. The largest absolute Gasteiger partial charge is 0.365 e. The van der Waals surface area contributed by atoms with E-state index in [-0.39, 0.29) is 17.1 Å². The van der Waals surface area contributed by atoms with Crippen LogP contribution >= 0.6 is 0 Å². The summed E-state index contributed by atoms with van der Waals surface area (Å²) in [5.74, 6) is -0.675. The summed E-state index contributed by atoms with van der Waals surface area (Å²) in [7, 11) is 0. The first-order valence-electron chi connectivity index (χ1n) is 5.72. The molecule has 21 heavy (non-hydrogen) atoms. The average molecular weight is 289 g/mol. The molecule has 0 aliphatic rings. The van der Waals surface area contributed by atoms with Crippen LogP contribution in [-0.4, -0.2) is 21.8 Å². The maximum atomic E-state index is 11.3. The zero-order valence-electron chi connectivity index (χ0n) is 10.6. The molecule has 0 aliphatic heterocycles. The summed E-state index contributed by atoms with van der Waals surface area (Å²) in [6.45, 7) is 0. The predicted octanol–water partition coefficient (Wildman–Crippen LogP) is 1.18. The monoisotopic (exact) mass is 289 g/mol. The van der Waals surface area contributed by atoms with E-state index in [1.807, 2.05) is 0 Å². The standard InChI is InChI=1S/C12H11N5O4/c13-10(18)8-5-9(15-11(8)16-12(14)19)6-1-3-7(4-2-6)17(20)21/h1-5,15H,(H2,13,18)(H3,14,16,19). The number of nitrogens with zero attached hydrogens (tertiary/aromatic N) is 1. The van der Waals surface area contributed by atoms with Crippen molar-refractivity contribution >= 4 is 23.4 Å². The van der Waals surface area contributed by atoms with Crippen LogP contribution in [0.2, 0.25) is 0 Å². The van der Waals surface area contributed by atoms with E-state index in [0.717, 1.165) is 0 Å². The lowest BCUT2D eigenvalue weighted by molar-refractivity contribution is -0.384. The van der Waals surface area contributed by atoms with Gasteiger partial charge in [-0.15, -0.1) is 0 Å². The summed E-state index contributed by atoms with van der Waals surface area (Å²) < 4.78 is 0. The lowest BCUT2D eigenvalue weighted by atomic mass is 10.1. The summed E-state index contributed by atoms with van der Waals surface area (Å²) in [6, 6.07) is 6.22. The minimum atomic E-state index is -0.852. The van der Waals surface area contributed by atoms with Crippen molar-refractivity contribution in [3.63, 3.8) is 0 Å². The number of H-pyrrole nitrogens is 1. The van der Waals surface area contributed by atoms with Crippen molar-refractivity contribution in [3.8, 4) is 11.3 Å². The molecule has 0 spiro atoms. The second-order valence-electron chi connectivity index (χ2n) is 4.13. The molecule has 0 saturated carbocycles. The third-order valence-corrected chi connectivity index (χ3v) is 2.72. The van der Waals surface area contributed by atoms with Crippen molar-refractivity contribution in [2.75, 3.05) is 5.32 Å². The number of hydrogen-bond acceptors (Lipinski definition) is 4. The molecule has 108 valence electrons. The van der Waals surface area contributed by atoms with Crippen LogP contribution in [0.5, 0.6) is 0 Å². The summed E-state index contributed by atoms with van der Waals surface area (Å²) in [6.07, 6.45) is 0. The number of aromatic amines is 1. The molecule has 1 aromatic carbocycles. The number of amides is 3. The van der Waals surface area contributed by atoms with Crippen LogP contribution in [0.25, 0.3) is 11.3 Å². The molecular weight excluding hydrogens is 278 g/mol. The highest BCUT2D eigenvalue weighted by Crippen LogP contribution is 2.26. The van der Waals surface area contributed by atoms with Gasteiger partial charge in [-0.2, -0.15) is 0 Å². The van der Waals surface area contributed by atoms with Gasteiger partial charge in [0.15, 0.2) is 0 Å². The highest BCUT2D eigenvalue weighted by Gasteiger charge is 2.15. The fourth-order valence-electron chi connectivity index (χ4n) is 1.79. The van der Waals surface area contributed by atoms with Crippen molar-refractivity contribution in [3.05, 3.63) is 46.0 Å². The molecule has 0 bridgehead atoms. The Morgan fingerprint density at radius 2 is 1.81 bits per heavy atom. The highest BCUT2D eigenvalue weighted by atomic mass is 16.6. The number of nitrogens with two attached hydrogens (primary N) is 2. The second kappa shape index (κ2) is 5.33. The van der Waals surface area contributed by atoms with Gasteiger partial charge in [0.2, 0.25) is 0 Å². The van der Waals surface area contributed by atoms with E-state index < -0.39 is 16.9 Å². The van der Waals surface area contributed by atoms with Crippen LogP contribution in [0.15, 0.2) is 30.3 Å². The molecule has 9 nitrogen and oxygen atoms in total. The topological polar surface area (TPSA) is 157 Å². The number of hydrogen-bond donors (Lipinski definition) is 4. The zero-order valence-corrected chi connectivity index (χ0v) is 10.6. The van der Waals surface area contributed by atoms with Gasteiger partial charge in [0, 0.05) is 17.8 Å². The van der Waals surface area contributed by atoms with Crippen molar-refractivity contribution in [2.24, 2.45) is 11.5 Å². The van der Waals surface area contributed by atoms with Gasteiger partial charge in [-0.3, -0.25) is 20.2 Å². The smallest absolute Gasteiger partial charge is 0.317 e. The number of nitro benzene ring substituents is 1. The number of benzene rings is 1. The average Bonchev–Trinajstić information content (AvgIpc) is 2.82. The van der Waals surface area contributed by atoms with Gasteiger partial charge in [0.05, 0.1) is 10.5 Å². The first-order valence-corrected chi connectivity index (χ1v) is 5.72. The molecule has 9 heteroatoms. The summed E-state index contributed by atoms with van der Waals surface area (Å²) >= 11 is 0. The Morgan fingerprint density at radius 3 is 2.29 bits per heavy atom. The number of urea groups is 1. The predicted molar refractivity (Wildman–Crippen MR) is 74.6 cm³/mol. The van der Waals surface area contributed by atoms with E-state index in [4.69, 9.17) is 11.5 Å². The van der Waals surface area contributed by atoms with Crippen molar-refractivity contribution in [2.45, 2.75) is 0 Å². The number of carbonyl (C=O) groups is 2. The molecule has 6 N–H and O–H groups in total. The Hall–Kier alpha value is -3.36. The molecule has 0 radical (unpaired) electrons. The van der Waals surface area contributed by atoms with Crippen molar-refractivity contribution < 1.29 is 14.5 Å². The first-order chi connectivity index (χ1) is 9.88. The van der Waals surface area contributed by atoms with Crippen LogP contribution in [0.3, 0.4) is 0 Å². The van der Waals surface area contributed by atoms with Crippen molar-refractivity contribution in [1.29, 1.82) is 0 Å². The quantitative estimate of drug-likeness (QED) is 0.492. The fourth-order valence-corrected chi connectivity index (χ4v) is 1.79. The molecule has 1 aromatic heterocycles. The zero-order chi connectivity index (χ0) is 15.6. The molecule has 0 fully saturated rings. The van der Waals surface area contributed by atoms with E-state index in [1.165, 1.54) is 30.3 Å². The molecule has 0 unspecified atom stereocenters. The summed E-state index contributed by atoms with van der Waals surface area (Å²) in [5, 5.41) is 12.8. The van der Waals surface area contributed by atoms with E-state index >= 15 is 0 Å². The Labute approximate surface area is 118 Å². The Balaban J connectivity index is 2.42. The van der Waals surface area contributed by atoms with Gasteiger partial charge in [-0.1, -0.05) is 0 Å². The van der Waals surface area contributed by atoms with E-state index in [1.54, 1.807) is 0 Å². The van der Waals surface area contributed by atoms with Crippen molar-refractivity contribution in [1.82, 2.24) is 4.98 Å². The van der Waals surface area contributed by atoms with Gasteiger partial charge in [0.1, 0.15) is 5.82 Å². The van der Waals surface area contributed by atoms with Gasteiger partial charge in [-0.05, 0) is 23.8 Å². The van der Waals surface area contributed by atoms with Gasteiger partial charge >= 0.3 is 6.03 Å². The molecule has 1 heterocycles. The molecule has 3 amide bonds. The Morgan fingerprint density at radius 1 is 1.19 bits per heavy atom. The van der Waals surface area contributed by atoms with Crippen LogP contribution in [0.4, 0.5) is 16.3 Å². The van der Waals surface area contributed by atoms with Gasteiger partial charge in [0.25, 0.3) is 11.6 Å². The first kappa shape index (κ1) is 14.1.